The molecule has 6 heteroatoms. The van der Waals surface area contributed by atoms with E-state index in [9.17, 15) is 0 Å². The number of hydrogen-bond acceptors (Lipinski definition) is 5. The number of fused-ring (bicyclic) bond motifs is 1. The lowest BCUT2D eigenvalue weighted by atomic mass is 9.86. The van der Waals surface area contributed by atoms with Crippen LogP contribution in [0.15, 0.2) is 24.4 Å². The van der Waals surface area contributed by atoms with Gasteiger partial charge in [0.2, 0.25) is 5.95 Å². The second-order valence-electron chi connectivity index (χ2n) is 6.49. The fourth-order valence-corrected chi connectivity index (χ4v) is 3.74. The molecule has 24 heavy (non-hydrogen) atoms. The molecule has 0 unspecified atom stereocenters. The van der Waals surface area contributed by atoms with Crippen molar-refractivity contribution in [3.8, 4) is 11.1 Å². The molecule has 0 spiro atoms. The van der Waals surface area contributed by atoms with E-state index in [1.165, 1.54) is 24.0 Å². The first-order chi connectivity index (χ1) is 11.6. The van der Waals surface area contributed by atoms with Crippen LogP contribution in [0.1, 0.15) is 29.9 Å². The average Bonchev–Trinajstić information content (AvgIpc) is 2.99. The smallest absolute Gasteiger partial charge is 0.223 e. The minimum Gasteiger partial charge on any atom is -0.383 e. The van der Waals surface area contributed by atoms with Crippen LogP contribution in [0.5, 0.6) is 0 Å². The van der Waals surface area contributed by atoms with E-state index in [1.54, 1.807) is 0 Å². The maximum absolute atomic E-state index is 6.07. The summed E-state index contributed by atoms with van der Waals surface area (Å²) < 4.78 is 0. The molecule has 2 aromatic heterocycles. The molecule has 1 fully saturated rings. The number of anilines is 2. The number of nitrogen functional groups attached to an aromatic ring is 2. The Morgan fingerprint density at radius 3 is 2.67 bits per heavy atom. The number of aryl methyl sites for hydroxylation is 1. The summed E-state index contributed by atoms with van der Waals surface area (Å²) in [6.07, 6.45) is 4.33. The Balaban J connectivity index is 1.76. The van der Waals surface area contributed by atoms with Crippen LogP contribution in [0.25, 0.3) is 22.2 Å². The Labute approximate surface area is 140 Å². The molecule has 4 rings (SSSR count). The third-order valence-electron chi connectivity index (χ3n) is 4.94. The fourth-order valence-electron chi connectivity index (χ4n) is 3.74. The van der Waals surface area contributed by atoms with Crippen LogP contribution in [0, 0.1) is 6.92 Å². The lowest BCUT2D eigenvalue weighted by Gasteiger charge is -2.24. The average molecular weight is 322 g/mol. The molecule has 6 N–H and O–H groups in total. The minimum absolute atomic E-state index is 0.186. The first-order valence-corrected chi connectivity index (χ1v) is 8.35. The highest BCUT2D eigenvalue weighted by atomic mass is 15.1. The zero-order valence-electron chi connectivity index (χ0n) is 13.8. The van der Waals surface area contributed by atoms with E-state index in [-0.39, 0.29) is 5.95 Å². The van der Waals surface area contributed by atoms with Gasteiger partial charge in [-0.15, -0.1) is 0 Å². The van der Waals surface area contributed by atoms with Crippen molar-refractivity contribution in [1.82, 2.24) is 20.3 Å². The van der Waals surface area contributed by atoms with Crippen LogP contribution in [-0.2, 0) is 0 Å². The van der Waals surface area contributed by atoms with Crippen molar-refractivity contribution >= 4 is 22.8 Å². The Morgan fingerprint density at radius 2 is 1.92 bits per heavy atom. The topological polar surface area (TPSA) is 106 Å². The summed E-state index contributed by atoms with van der Waals surface area (Å²) in [6.45, 7) is 4.39. The zero-order valence-corrected chi connectivity index (χ0v) is 13.8. The predicted molar refractivity (Wildman–Crippen MR) is 97.7 cm³/mol. The van der Waals surface area contributed by atoms with Gasteiger partial charge in [-0.3, -0.25) is 0 Å². The summed E-state index contributed by atoms with van der Waals surface area (Å²) in [5.74, 6) is 1.25. The van der Waals surface area contributed by atoms with Crippen molar-refractivity contribution in [2.45, 2.75) is 25.7 Å². The van der Waals surface area contributed by atoms with E-state index in [0.29, 0.717) is 17.4 Å². The zero-order chi connectivity index (χ0) is 16.7. The molecule has 0 bridgehead atoms. The van der Waals surface area contributed by atoms with Crippen LogP contribution >= 0.6 is 0 Å². The number of nitrogens with zero attached hydrogens (tertiary/aromatic N) is 2. The molecular formula is C18H22N6. The van der Waals surface area contributed by atoms with Gasteiger partial charge in [0, 0.05) is 11.8 Å². The third kappa shape index (κ3) is 2.49. The normalized spacial score (nSPS) is 15.9. The number of aromatic nitrogens is 3. The third-order valence-corrected chi connectivity index (χ3v) is 4.94. The van der Waals surface area contributed by atoms with Crippen LogP contribution in [0.4, 0.5) is 11.8 Å². The molecule has 0 atom stereocenters. The van der Waals surface area contributed by atoms with E-state index in [2.05, 4.69) is 45.4 Å². The van der Waals surface area contributed by atoms with Crippen molar-refractivity contribution in [2.75, 3.05) is 24.6 Å². The standard InChI is InChI=1S/C18H22N6/c1-10-8-12(2-3-13(10)11-4-6-21-7-5-11)14-9-22-17-15(14)16(19)23-18(20)24-17/h2-3,8-9,11,21H,4-7H2,1H3,(H5,19,20,22,23,24). The van der Waals surface area contributed by atoms with Crippen molar-refractivity contribution in [2.24, 2.45) is 0 Å². The molecule has 0 radical (unpaired) electrons. The molecule has 1 aliphatic heterocycles. The number of H-pyrrole nitrogens is 1. The number of nitrogens with one attached hydrogen (secondary N) is 2. The fraction of sp³-hybridized carbons (Fsp3) is 0.333. The van der Waals surface area contributed by atoms with Gasteiger partial charge < -0.3 is 21.8 Å². The van der Waals surface area contributed by atoms with E-state index in [1.807, 2.05) is 6.20 Å². The Bertz CT molecular complexity index is 892. The Hall–Kier alpha value is -2.60. The Kier molecular flexibility index (Phi) is 3.61. The Morgan fingerprint density at radius 1 is 1.12 bits per heavy atom. The first-order valence-electron chi connectivity index (χ1n) is 8.35. The van der Waals surface area contributed by atoms with E-state index < -0.39 is 0 Å². The van der Waals surface area contributed by atoms with Crippen molar-refractivity contribution in [3.63, 3.8) is 0 Å². The summed E-state index contributed by atoms with van der Waals surface area (Å²) in [5, 5.41) is 4.26. The molecule has 1 aromatic carbocycles. The maximum atomic E-state index is 6.07. The van der Waals surface area contributed by atoms with Crippen molar-refractivity contribution in [1.29, 1.82) is 0 Å². The molecular weight excluding hydrogens is 300 g/mol. The van der Waals surface area contributed by atoms with Crippen molar-refractivity contribution in [3.05, 3.63) is 35.5 Å². The first kappa shape index (κ1) is 15.0. The maximum Gasteiger partial charge on any atom is 0.223 e. The summed E-state index contributed by atoms with van der Waals surface area (Å²) >= 11 is 0. The second-order valence-corrected chi connectivity index (χ2v) is 6.49. The van der Waals surface area contributed by atoms with Gasteiger partial charge in [0.25, 0.3) is 0 Å². The van der Waals surface area contributed by atoms with E-state index in [4.69, 9.17) is 11.5 Å². The SMILES string of the molecule is Cc1cc(-c2c[nH]c3nc(N)nc(N)c23)ccc1C1CCNCC1. The van der Waals surface area contributed by atoms with Gasteiger partial charge in [0.05, 0.1) is 5.39 Å². The number of nitrogens with two attached hydrogens (primary N) is 2. The van der Waals surface area contributed by atoms with E-state index >= 15 is 0 Å². The van der Waals surface area contributed by atoms with Gasteiger partial charge in [0.1, 0.15) is 11.5 Å². The molecule has 3 aromatic rings. The number of hydrogen-bond donors (Lipinski definition) is 4. The summed E-state index contributed by atoms with van der Waals surface area (Å²) in [5.41, 5.74) is 17.3. The molecule has 124 valence electrons. The molecule has 0 aliphatic carbocycles. The predicted octanol–water partition coefficient (Wildman–Crippen LogP) is 2.56. The van der Waals surface area contributed by atoms with Gasteiger partial charge in [-0.25, -0.2) is 0 Å². The molecule has 0 saturated carbocycles. The van der Waals surface area contributed by atoms with Gasteiger partial charge in [-0.2, -0.15) is 9.97 Å². The van der Waals surface area contributed by atoms with Gasteiger partial charge in [-0.05, 0) is 55.5 Å². The number of piperidine rings is 1. The minimum atomic E-state index is 0.186. The molecule has 3 heterocycles. The van der Waals surface area contributed by atoms with Gasteiger partial charge in [-0.1, -0.05) is 18.2 Å². The van der Waals surface area contributed by atoms with Crippen molar-refractivity contribution < 1.29 is 0 Å². The molecule has 0 amide bonds. The number of benzene rings is 1. The monoisotopic (exact) mass is 322 g/mol. The number of rotatable bonds is 2. The van der Waals surface area contributed by atoms with Gasteiger partial charge >= 0.3 is 0 Å². The van der Waals surface area contributed by atoms with Crippen LogP contribution in [0.3, 0.4) is 0 Å². The van der Waals surface area contributed by atoms with Crippen LogP contribution in [-0.4, -0.2) is 28.0 Å². The summed E-state index contributed by atoms with van der Waals surface area (Å²) in [6, 6.07) is 6.66. The molecule has 6 nitrogen and oxygen atoms in total. The number of aromatic amines is 1. The molecule has 1 aliphatic rings. The second kappa shape index (κ2) is 5.79. The highest BCUT2D eigenvalue weighted by Gasteiger charge is 2.18. The van der Waals surface area contributed by atoms with Crippen LogP contribution < -0.4 is 16.8 Å². The quantitative estimate of drug-likeness (QED) is 0.580. The highest BCUT2D eigenvalue weighted by Crippen LogP contribution is 2.35. The largest absolute Gasteiger partial charge is 0.383 e. The van der Waals surface area contributed by atoms with Crippen LogP contribution in [0.2, 0.25) is 0 Å². The summed E-state index contributed by atoms with van der Waals surface area (Å²) in [7, 11) is 0. The van der Waals surface area contributed by atoms with Gasteiger partial charge in [0.15, 0.2) is 0 Å². The summed E-state index contributed by atoms with van der Waals surface area (Å²) in [4.78, 5) is 11.5. The lowest BCUT2D eigenvalue weighted by molar-refractivity contribution is 0.459. The molecule has 1 saturated heterocycles. The van der Waals surface area contributed by atoms with E-state index in [0.717, 1.165) is 29.6 Å². The lowest BCUT2D eigenvalue weighted by Crippen LogP contribution is -2.26. The highest BCUT2D eigenvalue weighted by molar-refractivity contribution is 6.00.